The molecule has 0 fully saturated rings. The minimum Gasteiger partial charge on any atom is -0.364 e. The van der Waals surface area contributed by atoms with Gasteiger partial charge in [0.15, 0.2) is 6.29 Å². The number of aromatic nitrogens is 2. The van der Waals surface area contributed by atoms with Crippen LogP contribution in [0.4, 0.5) is 0 Å². The average molecular weight is 330 g/mol. The number of rotatable bonds is 3. The first-order valence-corrected chi connectivity index (χ1v) is 5.80. The van der Waals surface area contributed by atoms with Crippen LogP contribution >= 0.6 is 22.6 Å². The third-order valence-electron chi connectivity index (χ3n) is 2.29. The third kappa shape index (κ3) is 2.26. The van der Waals surface area contributed by atoms with E-state index >= 15 is 0 Å². The number of methoxy groups -OCH3 is 1. The monoisotopic (exact) mass is 330 g/mol. The largest absolute Gasteiger partial charge is 0.364 e. The van der Waals surface area contributed by atoms with Crippen LogP contribution in [0.15, 0.2) is 30.5 Å². The molecule has 0 saturated carbocycles. The van der Waals surface area contributed by atoms with Crippen LogP contribution in [-0.4, -0.2) is 22.4 Å². The molecule has 0 radical (unpaired) electrons. The van der Waals surface area contributed by atoms with Crippen molar-refractivity contribution in [3.05, 3.63) is 39.6 Å². The van der Waals surface area contributed by atoms with Crippen LogP contribution in [0.3, 0.4) is 0 Å². The molecule has 5 heteroatoms. The van der Waals surface area contributed by atoms with Gasteiger partial charge in [-0.3, -0.25) is 5.10 Å². The Bertz CT molecular complexity index is 467. The fraction of sp³-hybridized carbons (Fsp3) is 0.182. The Morgan fingerprint density at radius 2 is 2.06 bits per heavy atom. The van der Waals surface area contributed by atoms with Crippen molar-refractivity contribution in [3.63, 3.8) is 0 Å². The van der Waals surface area contributed by atoms with Crippen molar-refractivity contribution in [2.24, 2.45) is 0 Å². The summed E-state index contributed by atoms with van der Waals surface area (Å²) in [5.74, 6) is 0. The topological polar surface area (TPSA) is 58.1 Å². The molecule has 2 rings (SSSR count). The van der Waals surface area contributed by atoms with Crippen LogP contribution in [0.1, 0.15) is 11.9 Å². The molecule has 1 aromatic heterocycles. The molecule has 0 bridgehead atoms. The predicted octanol–water partition coefficient (Wildman–Crippen LogP) is 2.32. The molecule has 1 unspecified atom stereocenters. The second-order valence-electron chi connectivity index (χ2n) is 3.29. The molecular weight excluding hydrogens is 319 g/mol. The minimum atomic E-state index is -0.868. The van der Waals surface area contributed by atoms with E-state index in [4.69, 9.17) is 4.74 Å². The first-order chi connectivity index (χ1) is 7.72. The molecule has 0 saturated heterocycles. The number of benzene rings is 1. The Morgan fingerprint density at radius 1 is 1.38 bits per heavy atom. The number of aliphatic hydroxyl groups excluding tert-OH is 1. The lowest BCUT2D eigenvalue weighted by Gasteiger charge is -2.08. The number of H-pyrrole nitrogens is 1. The van der Waals surface area contributed by atoms with Crippen LogP contribution in [0.5, 0.6) is 0 Å². The van der Waals surface area contributed by atoms with Gasteiger partial charge in [0.05, 0.1) is 3.57 Å². The molecule has 1 heterocycles. The summed E-state index contributed by atoms with van der Waals surface area (Å²) in [6, 6.07) is 7.48. The summed E-state index contributed by atoms with van der Waals surface area (Å²) in [6.45, 7) is 0. The summed E-state index contributed by atoms with van der Waals surface area (Å²) in [4.78, 5) is 0. The number of hydrogen-bond donors (Lipinski definition) is 2. The number of aliphatic hydroxyl groups is 1. The zero-order valence-electron chi connectivity index (χ0n) is 8.64. The molecule has 84 valence electrons. The highest BCUT2D eigenvalue weighted by Gasteiger charge is 2.08. The van der Waals surface area contributed by atoms with E-state index in [2.05, 4.69) is 32.8 Å². The first kappa shape index (κ1) is 11.6. The van der Waals surface area contributed by atoms with Gasteiger partial charge in [0, 0.05) is 24.4 Å². The summed E-state index contributed by atoms with van der Waals surface area (Å²) in [5.41, 5.74) is 2.66. The molecule has 0 aliphatic carbocycles. The zero-order chi connectivity index (χ0) is 11.5. The number of aromatic amines is 1. The first-order valence-electron chi connectivity index (χ1n) is 4.73. The highest BCUT2D eigenvalue weighted by atomic mass is 127. The van der Waals surface area contributed by atoms with Gasteiger partial charge < -0.3 is 9.84 Å². The number of ether oxygens (including phenoxy) is 1. The molecule has 1 aromatic carbocycles. The highest BCUT2D eigenvalue weighted by molar-refractivity contribution is 14.1. The molecule has 16 heavy (non-hydrogen) atoms. The van der Waals surface area contributed by atoms with Gasteiger partial charge in [-0.1, -0.05) is 24.3 Å². The summed E-state index contributed by atoms with van der Waals surface area (Å²) in [7, 11) is 1.47. The van der Waals surface area contributed by atoms with Crippen LogP contribution in [-0.2, 0) is 4.74 Å². The van der Waals surface area contributed by atoms with Crippen LogP contribution in [0.2, 0.25) is 0 Å². The summed E-state index contributed by atoms with van der Waals surface area (Å²) >= 11 is 2.22. The van der Waals surface area contributed by atoms with Crippen LogP contribution in [0.25, 0.3) is 11.3 Å². The minimum absolute atomic E-state index is 0.733. The lowest BCUT2D eigenvalue weighted by Crippen LogP contribution is -1.98. The lowest BCUT2D eigenvalue weighted by molar-refractivity contribution is -0.0769. The van der Waals surface area contributed by atoms with Crippen LogP contribution < -0.4 is 0 Å². The van der Waals surface area contributed by atoms with Crippen molar-refractivity contribution in [1.29, 1.82) is 0 Å². The maximum absolute atomic E-state index is 9.46. The molecule has 4 nitrogen and oxygen atoms in total. The smallest absolute Gasteiger partial charge is 0.180 e. The number of nitrogens with one attached hydrogen (secondary N) is 1. The van der Waals surface area contributed by atoms with E-state index in [0.29, 0.717) is 0 Å². The number of halogens is 1. The molecule has 2 N–H and O–H groups in total. The second-order valence-corrected chi connectivity index (χ2v) is 4.45. The molecule has 2 aromatic rings. The van der Waals surface area contributed by atoms with E-state index in [1.165, 1.54) is 7.11 Å². The van der Waals surface area contributed by atoms with Gasteiger partial charge in [0.1, 0.15) is 5.69 Å². The standard InChI is InChI=1S/C11H11IN2O2/c1-16-11(15)8-4-2-7(3-5-8)10-9(12)6-13-14-10/h2-6,11,15H,1H3,(H,13,14). The molecule has 1 atom stereocenters. The quantitative estimate of drug-likeness (QED) is 0.671. The van der Waals surface area contributed by atoms with Crippen molar-refractivity contribution in [2.45, 2.75) is 6.29 Å². The lowest BCUT2D eigenvalue weighted by atomic mass is 10.1. The van der Waals surface area contributed by atoms with Gasteiger partial charge in [0.25, 0.3) is 0 Å². The average Bonchev–Trinajstić information content (AvgIpc) is 2.75. The SMILES string of the molecule is COC(O)c1ccc(-c2n[nH]cc2I)cc1. The Hall–Kier alpha value is -0.920. The van der Waals surface area contributed by atoms with Crippen molar-refractivity contribution < 1.29 is 9.84 Å². The van der Waals surface area contributed by atoms with Gasteiger partial charge in [-0.2, -0.15) is 5.10 Å². The highest BCUT2D eigenvalue weighted by Crippen LogP contribution is 2.24. The predicted molar refractivity (Wildman–Crippen MR) is 68.7 cm³/mol. The van der Waals surface area contributed by atoms with Gasteiger partial charge in [0.2, 0.25) is 0 Å². The fourth-order valence-corrected chi connectivity index (χ4v) is 1.99. The molecular formula is C11H11IN2O2. The van der Waals surface area contributed by atoms with Gasteiger partial charge in [-0.15, -0.1) is 0 Å². The number of hydrogen-bond acceptors (Lipinski definition) is 3. The van der Waals surface area contributed by atoms with E-state index in [1.807, 2.05) is 30.5 Å². The summed E-state index contributed by atoms with van der Waals surface area (Å²) in [6.07, 6.45) is 0.973. The van der Waals surface area contributed by atoms with E-state index in [0.717, 1.165) is 20.4 Å². The Labute approximate surface area is 107 Å². The van der Waals surface area contributed by atoms with Crippen molar-refractivity contribution in [2.75, 3.05) is 7.11 Å². The van der Waals surface area contributed by atoms with Crippen molar-refractivity contribution in [1.82, 2.24) is 10.2 Å². The summed E-state index contributed by atoms with van der Waals surface area (Å²) < 4.78 is 5.89. The summed E-state index contributed by atoms with van der Waals surface area (Å²) in [5, 5.41) is 16.4. The maximum Gasteiger partial charge on any atom is 0.180 e. The Kier molecular flexibility index (Phi) is 3.57. The second kappa shape index (κ2) is 4.94. The van der Waals surface area contributed by atoms with E-state index in [9.17, 15) is 5.11 Å². The van der Waals surface area contributed by atoms with E-state index in [1.54, 1.807) is 0 Å². The number of nitrogens with zero attached hydrogens (tertiary/aromatic N) is 1. The van der Waals surface area contributed by atoms with Crippen LogP contribution in [0, 0.1) is 3.57 Å². The molecule has 0 aliphatic heterocycles. The van der Waals surface area contributed by atoms with E-state index in [-0.39, 0.29) is 0 Å². The third-order valence-corrected chi connectivity index (χ3v) is 3.11. The van der Waals surface area contributed by atoms with E-state index < -0.39 is 6.29 Å². The Balaban J connectivity index is 2.30. The molecule has 0 amide bonds. The van der Waals surface area contributed by atoms with Gasteiger partial charge in [-0.05, 0) is 22.6 Å². The Morgan fingerprint density at radius 3 is 2.56 bits per heavy atom. The normalized spacial score (nSPS) is 12.7. The maximum atomic E-state index is 9.46. The molecule has 0 spiro atoms. The fourth-order valence-electron chi connectivity index (χ4n) is 1.42. The molecule has 0 aliphatic rings. The zero-order valence-corrected chi connectivity index (χ0v) is 10.8. The van der Waals surface area contributed by atoms with Gasteiger partial charge in [-0.25, -0.2) is 0 Å². The van der Waals surface area contributed by atoms with Crippen molar-refractivity contribution >= 4 is 22.6 Å². The van der Waals surface area contributed by atoms with Gasteiger partial charge >= 0.3 is 0 Å². The van der Waals surface area contributed by atoms with Crippen molar-refractivity contribution in [3.8, 4) is 11.3 Å².